The Kier molecular flexibility index (Phi) is 2.55. The Morgan fingerprint density at radius 2 is 1.89 bits per heavy atom. The maximum atomic E-state index is 9.25. The van der Waals surface area contributed by atoms with Crippen molar-refractivity contribution in [2.45, 2.75) is 6.23 Å². The first kappa shape index (κ1) is 10.9. The standard InChI is InChI=1S/C13H12N4O/c14-13(18)10-3-1-9(2-4-10)11-5-6-12-15-7-8-17(12)16-11/h1-8,13,18H,14H2. The minimum absolute atomic E-state index is 0.683. The maximum Gasteiger partial charge on any atom is 0.153 e. The highest BCUT2D eigenvalue weighted by atomic mass is 16.3. The number of aliphatic hydroxyl groups is 1. The van der Waals surface area contributed by atoms with Crippen LogP contribution in [0.25, 0.3) is 16.9 Å². The van der Waals surface area contributed by atoms with Crippen molar-refractivity contribution >= 4 is 5.65 Å². The van der Waals surface area contributed by atoms with Gasteiger partial charge in [-0.2, -0.15) is 5.10 Å². The fourth-order valence-electron chi connectivity index (χ4n) is 1.82. The van der Waals surface area contributed by atoms with Crippen molar-refractivity contribution in [3.63, 3.8) is 0 Å². The van der Waals surface area contributed by atoms with Crippen molar-refractivity contribution in [3.8, 4) is 11.3 Å². The van der Waals surface area contributed by atoms with Crippen LogP contribution < -0.4 is 5.73 Å². The molecule has 2 aromatic heterocycles. The van der Waals surface area contributed by atoms with Gasteiger partial charge in [-0.25, -0.2) is 9.50 Å². The summed E-state index contributed by atoms with van der Waals surface area (Å²) in [5, 5.41) is 13.7. The molecule has 18 heavy (non-hydrogen) atoms. The molecule has 0 bridgehead atoms. The Morgan fingerprint density at radius 3 is 2.61 bits per heavy atom. The summed E-state index contributed by atoms with van der Waals surface area (Å²) in [7, 11) is 0. The summed E-state index contributed by atoms with van der Waals surface area (Å²) in [6, 6.07) is 11.2. The number of rotatable bonds is 2. The first-order chi connectivity index (χ1) is 8.74. The number of nitrogens with zero attached hydrogens (tertiary/aromatic N) is 3. The lowest BCUT2D eigenvalue weighted by atomic mass is 10.1. The number of benzene rings is 1. The number of aliphatic hydroxyl groups excluding tert-OH is 1. The third-order valence-electron chi connectivity index (χ3n) is 2.80. The lowest BCUT2D eigenvalue weighted by molar-refractivity contribution is 0.186. The van der Waals surface area contributed by atoms with E-state index in [4.69, 9.17) is 5.73 Å². The Balaban J connectivity index is 2.02. The molecule has 3 aromatic rings. The smallest absolute Gasteiger partial charge is 0.153 e. The summed E-state index contributed by atoms with van der Waals surface area (Å²) in [6.07, 6.45) is 2.57. The molecule has 0 aliphatic carbocycles. The van der Waals surface area contributed by atoms with Gasteiger partial charge in [0.2, 0.25) is 0 Å². The molecule has 0 spiro atoms. The molecule has 0 aliphatic rings. The zero-order valence-corrected chi connectivity index (χ0v) is 9.56. The summed E-state index contributed by atoms with van der Waals surface area (Å²) in [5.74, 6) is 0. The molecule has 0 amide bonds. The minimum atomic E-state index is -0.942. The van der Waals surface area contributed by atoms with Crippen LogP contribution in [0.3, 0.4) is 0 Å². The molecule has 0 radical (unpaired) electrons. The van der Waals surface area contributed by atoms with Crippen LogP contribution in [-0.4, -0.2) is 19.7 Å². The van der Waals surface area contributed by atoms with Gasteiger partial charge in [-0.15, -0.1) is 0 Å². The van der Waals surface area contributed by atoms with Crippen LogP contribution in [0.2, 0.25) is 0 Å². The van der Waals surface area contributed by atoms with Crippen molar-refractivity contribution in [2.24, 2.45) is 5.73 Å². The molecule has 1 aromatic carbocycles. The Morgan fingerprint density at radius 1 is 1.11 bits per heavy atom. The molecule has 0 saturated carbocycles. The van der Waals surface area contributed by atoms with E-state index in [2.05, 4.69) is 10.1 Å². The van der Waals surface area contributed by atoms with Crippen LogP contribution in [0.15, 0.2) is 48.8 Å². The lowest BCUT2D eigenvalue weighted by Crippen LogP contribution is -2.07. The predicted molar refractivity (Wildman–Crippen MR) is 67.6 cm³/mol. The van der Waals surface area contributed by atoms with Crippen LogP contribution in [-0.2, 0) is 0 Å². The number of fused-ring (bicyclic) bond motifs is 1. The summed E-state index contributed by atoms with van der Waals surface area (Å²) < 4.78 is 1.72. The van der Waals surface area contributed by atoms with Crippen LogP contribution in [0, 0.1) is 0 Å². The summed E-state index contributed by atoms with van der Waals surface area (Å²) in [5.41, 5.74) is 8.70. The highest BCUT2D eigenvalue weighted by Gasteiger charge is 2.04. The topological polar surface area (TPSA) is 76.4 Å². The molecule has 0 fully saturated rings. The van der Waals surface area contributed by atoms with Gasteiger partial charge in [-0.05, 0) is 17.7 Å². The highest BCUT2D eigenvalue weighted by Crippen LogP contribution is 2.19. The van der Waals surface area contributed by atoms with E-state index in [0.717, 1.165) is 16.9 Å². The molecule has 3 rings (SSSR count). The Hall–Kier alpha value is -2.24. The van der Waals surface area contributed by atoms with E-state index >= 15 is 0 Å². The average molecular weight is 240 g/mol. The van der Waals surface area contributed by atoms with Gasteiger partial charge in [0, 0.05) is 18.0 Å². The van der Waals surface area contributed by atoms with E-state index < -0.39 is 6.23 Å². The van der Waals surface area contributed by atoms with Crippen LogP contribution >= 0.6 is 0 Å². The van der Waals surface area contributed by atoms with Gasteiger partial charge in [-0.3, -0.25) is 0 Å². The van der Waals surface area contributed by atoms with E-state index in [1.165, 1.54) is 0 Å². The van der Waals surface area contributed by atoms with E-state index in [-0.39, 0.29) is 0 Å². The molecule has 0 saturated heterocycles. The normalized spacial score (nSPS) is 12.8. The Bertz CT molecular complexity index is 673. The van der Waals surface area contributed by atoms with E-state index in [0.29, 0.717) is 5.56 Å². The molecule has 1 atom stereocenters. The van der Waals surface area contributed by atoms with E-state index in [9.17, 15) is 5.11 Å². The van der Waals surface area contributed by atoms with Crippen molar-refractivity contribution in [1.82, 2.24) is 14.6 Å². The second-order valence-electron chi connectivity index (χ2n) is 4.02. The zero-order chi connectivity index (χ0) is 12.5. The Labute approximate surface area is 104 Å². The predicted octanol–water partition coefficient (Wildman–Crippen LogP) is 1.35. The molecule has 5 nitrogen and oxygen atoms in total. The van der Waals surface area contributed by atoms with Crippen LogP contribution in [0.4, 0.5) is 0 Å². The van der Waals surface area contributed by atoms with Gasteiger partial charge in [0.15, 0.2) is 5.65 Å². The summed E-state index contributed by atoms with van der Waals surface area (Å²) >= 11 is 0. The van der Waals surface area contributed by atoms with Crippen LogP contribution in [0.5, 0.6) is 0 Å². The quantitative estimate of drug-likeness (QED) is 0.663. The SMILES string of the molecule is NC(O)c1ccc(-c2ccc3nccn3n2)cc1. The fourth-order valence-corrected chi connectivity index (χ4v) is 1.82. The molecule has 90 valence electrons. The van der Waals surface area contributed by atoms with Gasteiger partial charge in [0.25, 0.3) is 0 Å². The molecule has 0 aliphatic heterocycles. The third kappa shape index (κ3) is 1.85. The number of hydrogen-bond donors (Lipinski definition) is 2. The molecule has 5 heteroatoms. The number of aromatic nitrogens is 3. The molecule has 1 unspecified atom stereocenters. The third-order valence-corrected chi connectivity index (χ3v) is 2.80. The van der Waals surface area contributed by atoms with Gasteiger partial charge < -0.3 is 10.8 Å². The van der Waals surface area contributed by atoms with Crippen LogP contribution in [0.1, 0.15) is 11.8 Å². The zero-order valence-electron chi connectivity index (χ0n) is 9.56. The lowest BCUT2D eigenvalue weighted by Gasteiger charge is -2.06. The van der Waals surface area contributed by atoms with Gasteiger partial charge in [-0.1, -0.05) is 24.3 Å². The van der Waals surface area contributed by atoms with Gasteiger partial charge in [0.05, 0.1) is 5.69 Å². The van der Waals surface area contributed by atoms with Crippen molar-refractivity contribution in [1.29, 1.82) is 0 Å². The molecule has 3 N–H and O–H groups in total. The van der Waals surface area contributed by atoms with Gasteiger partial charge in [0.1, 0.15) is 6.23 Å². The fraction of sp³-hybridized carbons (Fsp3) is 0.0769. The summed E-state index contributed by atoms with van der Waals surface area (Å²) in [6.45, 7) is 0. The first-order valence-electron chi connectivity index (χ1n) is 5.58. The number of hydrogen-bond acceptors (Lipinski definition) is 4. The number of nitrogens with two attached hydrogens (primary N) is 1. The van der Waals surface area contributed by atoms with Crippen molar-refractivity contribution in [3.05, 3.63) is 54.4 Å². The minimum Gasteiger partial charge on any atom is -0.375 e. The van der Waals surface area contributed by atoms with Crippen molar-refractivity contribution < 1.29 is 5.11 Å². The number of imidazole rings is 1. The highest BCUT2D eigenvalue weighted by molar-refractivity contribution is 5.60. The first-order valence-corrected chi connectivity index (χ1v) is 5.58. The largest absolute Gasteiger partial charge is 0.375 e. The molecular formula is C13H12N4O. The average Bonchev–Trinajstić information content (AvgIpc) is 2.86. The van der Waals surface area contributed by atoms with E-state index in [1.54, 1.807) is 29.0 Å². The van der Waals surface area contributed by atoms with Gasteiger partial charge >= 0.3 is 0 Å². The monoisotopic (exact) mass is 240 g/mol. The van der Waals surface area contributed by atoms with E-state index in [1.807, 2.05) is 24.3 Å². The van der Waals surface area contributed by atoms with Crippen molar-refractivity contribution in [2.75, 3.05) is 0 Å². The maximum absolute atomic E-state index is 9.25. The summed E-state index contributed by atoms with van der Waals surface area (Å²) in [4.78, 5) is 4.14. The second-order valence-corrected chi connectivity index (χ2v) is 4.02. The molecule has 2 heterocycles. The second kappa shape index (κ2) is 4.21. The molecular weight excluding hydrogens is 228 g/mol.